The molecule has 2 fully saturated rings. The fourth-order valence-electron chi connectivity index (χ4n) is 2.94. The molecule has 0 aromatic heterocycles. The quantitative estimate of drug-likeness (QED) is 0.780. The van der Waals surface area contributed by atoms with Crippen LogP contribution < -0.4 is 5.32 Å². The molecule has 1 amide bonds. The number of piperidine rings is 1. The van der Waals surface area contributed by atoms with Gasteiger partial charge in [0.2, 0.25) is 0 Å². The molecule has 2 rings (SSSR count). The molecular formula is C15H26N2O4. The zero-order chi connectivity index (χ0) is 15.5. The summed E-state index contributed by atoms with van der Waals surface area (Å²) in [6, 6.07) is 0.408. The predicted octanol–water partition coefficient (Wildman–Crippen LogP) is 1.54. The van der Waals surface area contributed by atoms with Crippen LogP contribution in [0.5, 0.6) is 0 Å². The van der Waals surface area contributed by atoms with E-state index in [4.69, 9.17) is 9.47 Å². The number of hydrogen-bond donors (Lipinski definition) is 1. The molecule has 1 aliphatic carbocycles. The first-order chi connectivity index (χ1) is 10.0. The average molecular weight is 298 g/mol. The van der Waals surface area contributed by atoms with Crippen molar-refractivity contribution >= 4 is 12.1 Å². The molecule has 0 aromatic carbocycles. The van der Waals surface area contributed by atoms with E-state index in [0.717, 1.165) is 12.8 Å². The standard InChI is InChI=1S/C15H26N2O4/c1-4-20-13(18)15(16-12-6-7-12)8-9-17(10-11(15)3)14(19)21-5-2/h11-12,16H,4-10H2,1-3H3. The van der Waals surface area contributed by atoms with Crippen LogP contribution in [0.4, 0.5) is 4.79 Å². The van der Waals surface area contributed by atoms with Gasteiger partial charge in [0.25, 0.3) is 0 Å². The van der Waals surface area contributed by atoms with Crippen molar-refractivity contribution in [2.45, 2.75) is 51.6 Å². The van der Waals surface area contributed by atoms with E-state index in [1.165, 1.54) is 0 Å². The summed E-state index contributed by atoms with van der Waals surface area (Å²) in [7, 11) is 0. The number of nitrogens with one attached hydrogen (secondary N) is 1. The molecule has 6 nitrogen and oxygen atoms in total. The number of nitrogens with zero attached hydrogens (tertiary/aromatic N) is 1. The second-order valence-electron chi connectivity index (χ2n) is 5.91. The minimum Gasteiger partial charge on any atom is -0.465 e. The van der Waals surface area contributed by atoms with Crippen molar-refractivity contribution in [1.29, 1.82) is 0 Å². The van der Waals surface area contributed by atoms with Gasteiger partial charge in [0, 0.05) is 25.0 Å². The third-order valence-electron chi connectivity index (χ3n) is 4.32. The van der Waals surface area contributed by atoms with Gasteiger partial charge < -0.3 is 14.4 Å². The Labute approximate surface area is 126 Å². The van der Waals surface area contributed by atoms with Gasteiger partial charge in [0.1, 0.15) is 5.54 Å². The molecule has 2 aliphatic rings. The third kappa shape index (κ3) is 3.48. The first-order valence-electron chi connectivity index (χ1n) is 7.90. The fourth-order valence-corrected chi connectivity index (χ4v) is 2.94. The molecule has 0 radical (unpaired) electrons. The molecule has 1 saturated heterocycles. The van der Waals surface area contributed by atoms with Gasteiger partial charge in [-0.25, -0.2) is 4.79 Å². The SMILES string of the molecule is CCOC(=O)N1CCC(NC2CC2)(C(=O)OCC)C(C)C1. The number of carbonyl (C=O) groups is 2. The highest BCUT2D eigenvalue weighted by Crippen LogP contribution is 2.34. The van der Waals surface area contributed by atoms with Gasteiger partial charge in [-0.1, -0.05) is 6.92 Å². The molecule has 0 bridgehead atoms. The summed E-state index contributed by atoms with van der Waals surface area (Å²) in [5, 5.41) is 3.48. The zero-order valence-electron chi connectivity index (χ0n) is 13.2. The smallest absolute Gasteiger partial charge is 0.409 e. The van der Waals surface area contributed by atoms with E-state index in [2.05, 4.69) is 5.32 Å². The van der Waals surface area contributed by atoms with Crippen LogP contribution >= 0.6 is 0 Å². The maximum absolute atomic E-state index is 12.5. The van der Waals surface area contributed by atoms with Crippen LogP contribution in [0.3, 0.4) is 0 Å². The number of likely N-dealkylation sites (tertiary alicyclic amines) is 1. The Bertz CT molecular complexity index is 397. The number of carbonyl (C=O) groups excluding carboxylic acids is 2. The van der Waals surface area contributed by atoms with Crippen LogP contribution in [0.15, 0.2) is 0 Å². The Hall–Kier alpha value is -1.30. The number of esters is 1. The number of rotatable bonds is 5. The topological polar surface area (TPSA) is 67.9 Å². The number of ether oxygens (including phenoxy) is 2. The monoisotopic (exact) mass is 298 g/mol. The van der Waals surface area contributed by atoms with Crippen molar-refractivity contribution in [3.05, 3.63) is 0 Å². The number of hydrogen-bond acceptors (Lipinski definition) is 5. The lowest BCUT2D eigenvalue weighted by Gasteiger charge is -2.44. The van der Waals surface area contributed by atoms with E-state index in [0.29, 0.717) is 38.8 Å². The Morgan fingerprint density at radius 1 is 1.24 bits per heavy atom. The normalized spacial score (nSPS) is 29.1. The van der Waals surface area contributed by atoms with Crippen molar-refractivity contribution in [2.75, 3.05) is 26.3 Å². The highest BCUT2D eigenvalue weighted by atomic mass is 16.6. The Morgan fingerprint density at radius 2 is 1.90 bits per heavy atom. The average Bonchev–Trinajstić information content (AvgIpc) is 3.25. The largest absolute Gasteiger partial charge is 0.465 e. The molecule has 1 heterocycles. The zero-order valence-corrected chi connectivity index (χ0v) is 13.2. The van der Waals surface area contributed by atoms with E-state index in [-0.39, 0.29) is 18.0 Å². The van der Waals surface area contributed by atoms with Gasteiger partial charge >= 0.3 is 12.1 Å². The maximum Gasteiger partial charge on any atom is 0.409 e. The Balaban J connectivity index is 2.07. The Morgan fingerprint density at radius 3 is 2.43 bits per heavy atom. The minimum atomic E-state index is -0.666. The predicted molar refractivity (Wildman–Crippen MR) is 77.9 cm³/mol. The molecule has 2 atom stereocenters. The van der Waals surface area contributed by atoms with Crippen LogP contribution in [-0.2, 0) is 14.3 Å². The van der Waals surface area contributed by atoms with Gasteiger partial charge in [-0.3, -0.25) is 10.1 Å². The van der Waals surface area contributed by atoms with Crippen LogP contribution in [0.1, 0.15) is 40.0 Å². The second kappa shape index (κ2) is 6.64. The summed E-state index contributed by atoms with van der Waals surface area (Å²) in [6.07, 6.45) is 2.49. The van der Waals surface area contributed by atoms with Gasteiger partial charge in [-0.15, -0.1) is 0 Å². The molecule has 6 heteroatoms. The number of amides is 1. The molecule has 21 heavy (non-hydrogen) atoms. The summed E-state index contributed by atoms with van der Waals surface area (Å²) < 4.78 is 10.3. The summed E-state index contributed by atoms with van der Waals surface area (Å²) >= 11 is 0. The van der Waals surface area contributed by atoms with E-state index in [1.54, 1.807) is 11.8 Å². The molecule has 1 aliphatic heterocycles. The van der Waals surface area contributed by atoms with Crippen molar-refractivity contribution < 1.29 is 19.1 Å². The van der Waals surface area contributed by atoms with E-state index < -0.39 is 5.54 Å². The van der Waals surface area contributed by atoms with Crippen molar-refractivity contribution in [1.82, 2.24) is 10.2 Å². The lowest BCUT2D eigenvalue weighted by atomic mass is 9.78. The van der Waals surface area contributed by atoms with Crippen molar-refractivity contribution in [3.63, 3.8) is 0 Å². The van der Waals surface area contributed by atoms with Crippen molar-refractivity contribution in [2.24, 2.45) is 5.92 Å². The van der Waals surface area contributed by atoms with Crippen molar-refractivity contribution in [3.8, 4) is 0 Å². The van der Waals surface area contributed by atoms with Gasteiger partial charge in [-0.2, -0.15) is 0 Å². The molecule has 120 valence electrons. The molecule has 1 N–H and O–H groups in total. The summed E-state index contributed by atoms with van der Waals surface area (Å²) in [6.45, 7) is 7.38. The molecule has 0 aromatic rings. The highest BCUT2D eigenvalue weighted by molar-refractivity contribution is 5.82. The Kier molecular flexibility index (Phi) is 5.08. The molecular weight excluding hydrogens is 272 g/mol. The van der Waals surface area contributed by atoms with E-state index >= 15 is 0 Å². The first-order valence-corrected chi connectivity index (χ1v) is 7.90. The van der Waals surface area contributed by atoms with Gasteiger partial charge in [-0.05, 0) is 33.1 Å². The first kappa shape index (κ1) is 16.1. The van der Waals surface area contributed by atoms with Crippen LogP contribution in [0, 0.1) is 5.92 Å². The minimum absolute atomic E-state index is 0.00435. The summed E-state index contributed by atoms with van der Waals surface area (Å²) in [5.41, 5.74) is -0.666. The fraction of sp³-hybridized carbons (Fsp3) is 0.867. The summed E-state index contributed by atoms with van der Waals surface area (Å²) in [5.74, 6) is -0.191. The lowest BCUT2D eigenvalue weighted by molar-refractivity contribution is -0.156. The van der Waals surface area contributed by atoms with Crippen LogP contribution in [0.25, 0.3) is 0 Å². The van der Waals surface area contributed by atoms with Crippen LogP contribution in [-0.4, -0.2) is 54.8 Å². The van der Waals surface area contributed by atoms with Gasteiger partial charge in [0.05, 0.1) is 13.2 Å². The second-order valence-corrected chi connectivity index (χ2v) is 5.91. The van der Waals surface area contributed by atoms with Gasteiger partial charge in [0.15, 0.2) is 0 Å². The lowest BCUT2D eigenvalue weighted by Crippen LogP contribution is -2.65. The maximum atomic E-state index is 12.5. The van der Waals surface area contributed by atoms with E-state index in [9.17, 15) is 9.59 Å². The molecule has 0 spiro atoms. The van der Waals surface area contributed by atoms with Crippen LogP contribution in [0.2, 0.25) is 0 Å². The summed E-state index contributed by atoms with van der Waals surface area (Å²) in [4.78, 5) is 26.0. The highest BCUT2D eigenvalue weighted by Gasteiger charge is 2.51. The third-order valence-corrected chi connectivity index (χ3v) is 4.32. The molecule has 2 unspecified atom stereocenters. The molecule has 1 saturated carbocycles. The van der Waals surface area contributed by atoms with E-state index in [1.807, 2.05) is 13.8 Å².